The van der Waals surface area contributed by atoms with Gasteiger partial charge >= 0.3 is 0 Å². The second kappa shape index (κ2) is 10.7. The van der Waals surface area contributed by atoms with Crippen LogP contribution in [0, 0.1) is 20.8 Å². The molecule has 0 amide bonds. The van der Waals surface area contributed by atoms with Crippen molar-refractivity contribution >= 4 is 23.0 Å². The fraction of sp³-hybridized carbons (Fsp3) is 0.267. The van der Waals surface area contributed by atoms with E-state index in [1.54, 1.807) is 7.11 Å². The Balaban J connectivity index is 1.51. The number of methoxy groups -OCH3 is 1. The van der Waals surface area contributed by atoms with Crippen LogP contribution >= 0.6 is 12.2 Å². The van der Waals surface area contributed by atoms with E-state index in [1.807, 2.05) is 54.7 Å². The number of anilines is 1. The molecule has 1 N–H and O–H groups in total. The van der Waals surface area contributed by atoms with Crippen molar-refractivity contribution in [3.05, 3.63) is 107 Å². The van der Waals surface area contributed by atoms with Crippen LogP contribution in [0.2, 0.25) is 0 Å². The Labute approximate surface area is 223 Å². The molecule has 1 fully saturated rings. The smallest absolute Gasteiger partial charge is 0.174 e. The van der Waals surface area contributed by atoms with E-state index in [1.165, 1.54) is 22.5 Å². The highest BCUT2D eigenvalue weighted by molar-refractivity contribution is 7.80. The first-order chi connectivity index (χ1) is 18.0. The van der Waals surface area contributed by atoms with Crippen LogP contribution in [0.25, 0.3) is 0 Å². The topological polar surface area (TPSA) is 51.5 Å². The van der Waals surface area contributed by atoms with Gasteiger partial charge in [0.25, 0.3) is 0 Å². The van der Waals surface area contributed by atoms with Crippen molar-refractivity contribution in [3.63, 3.8) is 0 Å². The SMILES string of the molecule is COCCn1c(C)cc(C2C(c3ccccn3)NC(=S)N2c2ccc(Oc3ccc(C)cc3)cc2)c1C. The summed E-state index contributed by atoms with van der Waals surface area (Å²) in [5.74, 6) is 1.59. The summed E-state index contributed by atoms with van der Waals surface area (Å²) in [6.07, 6.45) is 1.83. The summed E-state index contributed by atoms with van der Waals surface area (Å²) in [5, 5.41) is 4.23. The molecule has 2 aromatic heterocycles. The Hall–Kier alpha value is -3.68. The molecule has 2 unspecified atom stereocenters. The first-order valence-electron chi connectivity index (χ1n) is 12.5. The van der Waals surface area contributed by atoms with E-state index in [2.05, 4.69) is 64.8 Å². The number of rotatable bonds is 8. The largest absolute Gasteiger partial charge is 0.457 e. The molecule has 5 rings (SSSR count). The third-order valence-corrected chi connectivity index (χ3v) is 7.23. The van der Waals surface area contributed by atoms with Gasteiger partial charge < -0.3 is 24.3 Å². The van der Waals surface area contributed by atoms with E-state index < -0.39 is 0 Å². The highest BCUT2D eigenvalue weighted by Crippen LogP contribution is 2.43. The summed E-state index contributed by atoms with van der Waals surface area (Å²) in [6.45, 7) is 7.84. The van der Waals surface area contributed by atoms with Gasteiger partial charge in [-0.1, -0.05) is 23.8 Å². The highest BCUT2D eigenvalue weighted by Gasteiger charge is 2.42. The van der Waals surface area contributed by atoms with Crippen LogP contribution in [0.3, 0.4) is 0 Å². The van der Waals surface area contributed by atoms with Crippen molar-refractivity contribution < 1.29 is 9.47 Å². The lowest BCUT2D eigenvalue weighted by atomic mass is 9.96. The fourth-order valence-corrected chi connectivity index (χ4v) is 5.37. The first-order valence-corrected chi connectivity index (χ1v) is 12.9. The third kappa shape index (κ3) is 5.10. The fourth-order valence-electron chi connectivity index (χ4n) is 5.02. The molecule has 37 heavy (non-hydrogen) atoms. The van der Waals surface area contributed by atoms with E-state index in [-0.39, 0.29) is 12.1 Å². The van der Waals surface area contributed by atoms with Crippen LogP contribution in [0.5, 0.6) is 11.5 Å². The van der Waals surface area contributed by atoms with Gasteiger partial charge in [-0.3, -0.25) is 4.98 Å². The highest BCUT2D eigenvalue weighted by atomic mass is 32.1. The standard InChI is InChI=1S/C30H32N4O2S/c1-20-8-12-24(13-9-20)36-25-14-10-23(11-15-25)34-29(26-19-21(2)33(22(26)3)17-18-35-4)28(32-30(34)37)27-7-5-6-16-31-27/h5-16,19,28-29H,17-18H2,1-4H3,(H,32,37). The molecule has 4 aromatic rings. The van der Waals surface area contributed by atoms with Crippen molar-refractivity contribution in [3.8, 4) is 11.5 Å². The van der Waals surface area contributed by atoms with Gasteiger partial charge in [0.1, 0.15) is 11.5 Å². The quantitative estimate of drug-likeness (QED) is 0.275. The Kier molecular flexibility index (Phi) is 7.26. The van der Waals surface area contributed by atoms with E-state index in [0.29, 0.717) is 11.7 Å². The first kappa shape index (κ1) is 25.0. The molecule has 1 aliphatic rings. The van der Waals surface area contributed by atoms with E-state index in [4.69, 9.17) is 21.7 Å². The maximum absolute atomic E-state index is 6.06. The van der Waals surface area contributed by atoms with Gasteiger partial charge in [0.05, 0.1) is 24.4 Å². The molecule has 0 radical (unpaired) electrons. The number of hydrogen-bond acceptors (Lipinski definition) is 4. The normalized spacial score (nSPS) is 17.2. The lowest BCUT2D eigenvalue weighted by Crippen LogP contribution is -2.29. The minimum Gasteiger partial charge on any atom is -0.457 e. The molecule has 7 heteroatoms. The molecule has 2 atom stereocenters. The molecular weight excluding hydrogens is 480 g/mol. The summed E-state index contributed by atoms with van der Waals surface area (Å²) in [7, 11) is 1.74. The molecule has 1 aliphatic heterocycles. The summed E-state index contributed by atoms with van der Waals surface area (Å²) >= 11 is 5.91. The molecular formula is C30H32N4O2S. The predicted octanol–water partition coefficient (Wildman–Crippen LogP) is 6.42. The second-order valence-electron chi connectivity index (χ2n) is 9.38. The number of aromatic nitrogens is 2. The number of hydrogen-bond donors (Lipinski definition) is 1. The average Bonchev–Trinajstić information content (AvgIpc) is 3.40. The molecule has 190 valence electrons. The predicted molar refractivity (Wildman–Crippen MR) is 151 cm³/mol. The number of aryl methyl sites for hydroxylation is 2. The number of benzene rings is 2. The Morgan fingerprint density at radius 1 is 0.946 bits per heavy atom. The molecule has 1 saturated heterocycles. The summed E-state index contributed by atoms with van der Waals surface area (Å²) in [4.78, 5) is 6.88. The zero-order chi connectivity index (χ0) is 25.9. The maximum atomic E-state index is 6.06. The molecule has 0 saturated carbocycles. The van der Waals surface area contributed by atoms with Crippen molar-refractivity contribution in [1.82, 2.24) is 14.9 Å². The second-order valence-corrected chi connectivity index (χ2v) is 9.76. The maximum Gasteiger partial charge on any atom is 0.174 e. The van der Waals surface area contributed by atoms with Crippen LogP contribution in [-0.2, 0) is 11.3 Å². The lowest BCUT2D eigenvalue weighted by Gasteiger charge is -2.28. The van der Waals surface area contributed by atoms with Crippen LogP contribution < -0.4 is 15.0 Å². The molecule has 0 aliphatic carbocycles. The van der Waals surface area contributed by atoms with Gasteiger partial charge in [0.15, 0.2) is 5.11 Å². The summed E-state index contributed by atoms with van der Waals surface area (Å²) in [5.41, 5.74) is 6.78. The molecule has 0 bridgehead atoms. The zero-order valence-electron chi connectivity index (χ0n) is 21.6. The number of ether oxygens (including phenoxy) is 2. The lowest BCUT2D eigenvalue weighted by molar-refractivity contribution is 0.186. The van der Waals surface area contributed by atoms with Gasteiger partial charge in [-0.25, -0.2) is 0 Å². The molecule has 2 aromatic carbocycles. The summed E-state index contributed by atoms with van der Waals surface area (Å²) in [6, 6.07) is 24.3. The Bertz CT molecular complexity index is 1370. The summed E-state index contributed by atoms with van der Waals surface area (Å²) < 4.78 is 13.7. The van der Waals surface area contributed by atoms with Gasteiger partial charge in [0.2, 0.25) is 0 Å². The van der Waals surface area contributed by atoms with E-state index in [0.717, 1.165) is 29.4 Å². The molecule has 0 spiro atoms. The van der Waals surface area contributed by atoms with Gasteiger partial charge in [0, 0.05) is 36.9 Å². The van der Waals surface area contributed by atoms with Crippen molar-refractivity contribution in [2.45, 2.75) is 39.4 Å². The van der Waals surface area contributed by atoms with Crippen LogP contribution in [0.1, 0.15) is 40.3 Å². The van der Waals surface area contributed by atoms with E-state index in [9.17, 15) is 0 Å². The number of pyridine rings is 1. The van der Waals surface area contributed by atoms with Gasteiger partial charge in [-0.2, -0.15) is 0 Å². The Morgan fingerprint density at radius 2 is 1.65 bits per heavy atom. The monoisotopic (exact) mass is 512 g/mol. The van der Waals surface area contributed by atoms with Gasteiger partial charge in [-0.15, -0.1) is 0 Å². The minimum absolute atomic E-state index is 0.0613. The Morgan fingerprint density at radius 3 is 2.30 bits per heavy atom. The zero-order valence-corrected chi connectivity index (χ0v) is 22.5. The average molecular weight is 513 g/mol. The number of thiocarbonyl (C=S) groups is 1. The van der Waals surface area contributed by atoms with Crippen molar-refractivity contribution in [1.29, 1.82) is 0 Å². The molecule has 6 nitrogen and oxygen atoms in total. The van der Waals surface area contributed by atoms with Crippen molar-refractivity contribution in [2.75, 3.05) is 18.6 Å². The number of nitrogens with one attached hydrogen (secondary N) is 1. The van der Waals surface area contributed by atoms with Gasteiger partial charge in [-0.05, 0) is 93.1 Å². The third-order valence-electron chi connectivity index (χ3n) is 6.92. The van der Waals surface area contributed by atoms with Crippen molar-refractivity contribution in [2.24, 2.45) is 0 Å². The van der Waals surface area contributed by atoms with Crippen LogP contribution in [-0.4, -0.2) is 28.4 Å². The number of nitrogens with zero attached hydrogens (tertiary/aromatic N) is 3. The minimum atomic E-state index is -0.0893. The van der Waals surface area contributed by atoms with Crippen LogP contribution in [0.15, 0.2) is 79.0 Å². The molecule has 3 heterocycles. The van der Waals surface area contributed by atoms with E-state index >= 15 is 0 Å². The van der Waals surface area contributed by atoms with Crippen LogP contribution in [0.4, 0.5) is 5.69 Å².